The van der Waals surface area contributed by atoms with Gasteiger partial charge >= 0.3 is 0 Å². The lowest BCUT2D eigenvalue weighted by molar-refractivity contribution is 0.0780. The molecule has 1 unspecified atom stereocenters. The molecule has 0 aliphatic carbocycles. The van der Waals surface area contributed by atoms with Gasteiger partial charge in [0.05, 0.1) is 11.1 Å². The first kappa shape index (κ1) is 9.09. The molecule has 0 bridgehead atoms. The van der Waals surface area contributed by atoms with Gasteiger partial charge in [0, 0.05) is 24.9 Å². The third-order valence-electron chi connectivity index (χ3n) is 2.17. The van der Waals surface area contributed by atoms with Gasteiger partial charge in [-0.1, -0.05) is 0 Å². The normalized spacial score (nSPS) is 23.0. The van der Waals surface area contributed by atoms with Crippen LogP contribution in [-0.4, -0.2) is 23.2 Å². The van der Waals surface area contributed by atoms with E-state index in [-0.39, 0.29) is 0 Å². The van der Waals surface area contributed by atoms with E-state index in [0.29, 0.717) is 5.92 Å². The topological polar surface area (TPSA) is 35.0 Å². The molecule has 0 saturated carbocycles. The van der Waals surface area contributed by atoms with Crippen LogP contribution >= 0.6 is 15.9 Å². The number of hydrogen-bond acceptors (Lipinski definition) is 3. The first-order valence-corrected chi connectivity index (χ1v) is 5.21. The minimum atomic E-state index is 0.391. The molecule has 0 spiro atoms. The molecule has 4 heteroatoms. The molecule has 1 fully saturated rings. The van der Waals surface area contributed by atoms with Crippen molar-refractivity contribution >= 4 is 15.9 Å². The van der Waals surface area contributed by atoms with Crippen LogP contribution in [0.25, 0.3) is 0 Å². The largest absolute Gasteiger partial charge is 0.381 e. The molecule has 1 aliphatic rings. The Kier molecular flexibility index (Phi) is 2.90. The number of ether oxygens (including phenoxy) is 1. The van der Waals surface area contributed by atoms with Crippen LogP contribution in [-0.2, 0) is 4.74 Å². The Bertz CT molecular complexity index is 269. The second-order valence-corrected chi connectivity index (χ2v) is 4.09. The maximum Gasteiger partial charge on any atom is 0.133 e. The van der Waals surface area contributed by atoms with Gasteiger partial charge < -0.3 is 4.74 Å². The fourth-order valence-corrected chi connectivity index (χ4v) is 1.68. The zero-order chi connectivity index (χ0) is 9.10. The third-order valence-corrected chi connectivity index (χ3v) is 2.58. The molecule has 1 saturated heterocycles. The second-order valence-electron chi connectivity index (χ2n) is 3.17. The van der Waals surface area contributed by atoms with Crippen LogP contribution in [0.15, 0.2) is 16.9 Å². The van der Waals surface area contributed by atoms with Crippen molar-refractivity contribution in [3.8, 4) is 0 Å². The van der Waals surface area contributed by atoms with E-state index in [1.54, 1.807) is 12.4 Å². The molecule has 0 amide bonds. The van der Waals surface area contributed by atoms with Crippen LogP contribution in [0.5, 0.6) is 0 Å². The summed E-state index contributed by atoms with van der Waals surface area (Å²) in [5.74, 6) is 1.30. The molecule has 1 aromatic rings. The molecule has 1 aliphatic heterocycles. The van der Waals surface area contributed by atoms with Crippen molar-refractivity contribution in [2.75, 3.05) is 13.2 Å². The SMILES string of the molecule is Brc1cnc(C2CCCOC2)nc1. The van der Waals surface area contributed by atoms with Gasteiger partial charge in [0.1, 0.15) is 5.82 Å². The standard InChI is InChI=1S/C9H11BrN2O/c10-8-4-11-9(12-5-8)7-2-1-3-13-6-7/h4-5,7H,1-3,6H2. The quantitative estimate of drug-likeness (QED) is 0.757. The highest BCUT2D eigenvalue weighted by molar-refractivity contribution is 9.10. The van der Waals surface area contributed by atoms with Crippen molar-refractivity contribution in [2.45, 2.75) is 18.8 Å². The highest BCUT2D eigenvalue weighted by atomic mass is 79.9. The fourth-order valence-electron chi connectivity index (χ4n) is 1.48. The zero-order valence-electron chi connectivity index (χ0n) is 7.24. The van der Waals surface area contributed by atoms with E-state index in [1.807, 2.05) is 0 Å². The van der Waals surface area contributed by atoms with E-state index in [1.165, 1.54) is 0 Å². The van der Waals surface area contributed by atoms with Crippen LogP contribution in [0, 0.1) is 0 Å². The summed E-state index contributed by atoms with van der Waals surface area (Å²) >= 11 is 3.31. The fraction of sp³-hybridized carbons (Fsp3) is 0.556. The molecule has 2 rings (SSSR count). The van der Waals surface area contributed by atoms with Crippen LogP contribution < -0.4 is 0 Å². The van der Waals surface area contributed by atoms with Gasteiger partial charge in [-0.05, 0) is 28.8 Å². The molecule has 3 nitrogen and oxygen atoms in total. The molecule has 2 heterocycles. The second kappa shape index (κ2) is 4.15. The van der Waals surface area contributed by atoms with Gasteiger partial charge in [0.2, 0.25) is 0 Å². The van der Waals surface area contributed by atoms with Crippen molar-refractivity contribution in [3.05, 3.63) is 22.7 Å². The Balaban J connectivity index is 2.10. The summed E-state index contributed by atoms with van der Waals surface area (Å²) in [5, 5.41) is 0. The van der Waals surface area contributed by atoms with Gasteiger partial charge in [-0.15, -0.1) is 0 Å². The van der Waals surface area contributed by atoms with Gasteiger partial charge in [-0.3, -0.25) is 0 Å². The van der Waals surface area contributed by atoms with Crippen molar-refractivity contribution in [2.24, 2.45) is 0 Å². The number of aromatic nitrogens is 2. The van der Waals surface area contributed by atoms with E-state index in [0.717, 1.165) is 36.4 Å². The van der Waals surface area contributed by atoms with Crippen LogP contribution in [0.4, 0.5) is 0 Å². The average molecular weight is 243 g/mol. The predicted octanol–water partition coefficient (Wildman–Crippen LogP) is 2.13. The van der Waals surface area contributed by atoms with Crippen LogP contribution in [0.2, 0.25) is 0 Å². The number of hydrogen-bond donors (Lipinski definition) is 0. The number of nitrogens with zero attached hydrogens (tertiary/aromatic N) is 2. The van der Waals surface area contributed by atoms with Gasteiger partial charge in [0.15, 0.2) is 0 Å². The zero-order valence-corrected chi connectivity index (χ0v) is 8.83. The summed E-state index contributed by atoms with van der Waals surface area (Å²) in [5.41, 5.74) is 0. The molecule has 0 radical (unpaired) electrons. The first-order valence-electron chi connectivity index (χ1n) is 4.41. The monoisotopic (exact) mass is 242 g/mol. The van der Waals surface area contributed by atoms with E-state index >= 15 is 0 Å². The lowest BCUT2D eigenvalue weighted by Crippen LogP contribution is -2.17. The Hall–Kier alpha value is -0.480. The molecular formula is C9H11BrN2O. The van der Waals surface area contributed by atoms with E-state index < -0.39 is 0 Å². The lowest BCUT2D eigenvalue weighted by atomic mass is 10.0. The molecule has 0 N–H and O–H groups in total. The Morgan fingerprint density at radius 2 is 2.15 bits per heavy atom. The van der Waals surface area contributed by atoms with Gasteiger partial charge in [-0.25, -0.2) is 9.97 Å². The molecule has 1 aromatic heterocycles. The van der Waals surface area contributed by atoms with Crippen molar-refractivity contribution in [3.63, 3.8) is 0 Å². The van der Waals surface area contributed by atoms with Crippen molar-refractivity contribution in [1.82, 2.24) is 9.97 Å². The summed E-state index contributed by atoms with van der Waals surface area (Å²) in [4.78, 5) is 8.53. The molecule has 1 atom stereocenters. The molecule has 13 heavy (non-hydrogen) atoms. The number of rotatable bonds is 1. The minimum Gasteiger partial charge on any atom is -0.381 e. The number of halogens is 1. The Morgan fingerprint density at radius 3 is 2.77 bits per heavy atom. The van der Waals surface area contributed by atoms with Crippen molar-refractivity contribution in [1.29, 1.82) is 0 Å². The predicted molar refractivity (Wildman–Crippen MR) is 52.5 cm³/mol. The summed E-state index contributed by atoms with van der Waals surface area (Å²) in [6.07, 6.45) is 5.83. The summed E-state index contributed by atoms with van der Waals surface area (Å²) in [6.45, 7) is 1.65. The van der Waals surface area contributed by atoms with E-state index in [2.05, 4.69) is 25.9 Å². The maximum absolute atomic E-state index is 5.38. The van der Waals surface area contributed by atoms with Gasteiger partial charge in [0.25, 0.3) is 0 Å². The Morgan fingerprint density at radius 1 is 1.38 bits per heavy atom. The smallest absolute Gasteiger partial charge is 0.133 e. The summed E-state index contributed by atoms with van der Waals surface area (Å²) in [7, 11) is 0. The maximum atomic E-state index is 5.38. The minimum absolute atomic E-state index is 0.391. The first-order chi connectivity index (χ1) is 6.36. The molecular weight excluding hydrogens is 232 g/mol. The Labute approximate surface area is 85.7 Å². The molecule has 0 aromatic carbocycles. The molecule has 70 valence electrons. The van der Waals surface area contributed by atoms with E-state index in [4.69, 9.17) is 4.74 Å². The van der Waals surface area contributed by atoms with Crippen LogP contribution in [0.1, 0.15) is 24.6 Å². The average Bonchev–Trinajstić information content (AvgIpc) is 2.20. The lowest BCUT2D eigenvalue weighted by Gasteiger charge is -2.20. The van der Waals surface area contributed by atoms with Gasteiger partial charge in [-0.2, -0.15) is 0 Å². The third kappa shape index (κ3) is 2.25. The van der Waals surface area contributed by atoms with Crippen molar-refractivity contribution < 1.29 is 4.74 Å². The summed E-state index contributed by atoms with van der Waals surface area (Å²) < 4.78 is 6.30. The van der Waals surface area contributed by atoms with E-state index in [9.17, 15) is 0 Å². The highest BCUT2D eigenvalue weighted by Crippen LogP contribution is 2.22. The highest BCUT2D eigenvalue weighted by Gasteiger charge is 2.17. The summed E-state index contributed by atoms with van der Waals surface area (Å²) in [6, 6.07) is 0. The van der Waals surface area contributed by atoms with Crippen LogP contribution in [0.3, 0.4) is 0 Å².